The second kappa shape index (κ2) is 4.45. The van der Waals surface area contributed by atoms with Gasteiger partial charge in [0, 0.05) is 20.6 Å². The van der Waals surface area contributed by atoms with Crippen molar-refractivity contribution in [2.75, 3.05) is 37.4 Å². The monoisotopic (exact) mass is 235 g/mol. The van der Waals surface area contributed by atoms with E-state index in [0.29, 0.717) is 0 Å². The molecule has 1 rings (SSSR count). The van der Waals surface area contributed by atoms with Crippen LogP contribution < -0.4 is 11.1 Å². The zero-order valence-electron chi connectivity index (χ0n) is 8.47. The van der Waals surface area contributed by atoms with Gasteiger partial charge >= 0.3 is 12.0 Å². The molecule has 0 atom stereocenters. The van der Waals surface area contributed by atoms with Crippen LogP contribution in [0.3, 0.4) is 0 Å². The molecule has 0 saturated heterocycles. The van der Waals surface area contributed by atoms with E-state index in [2.05, 4.69) is 15.5 Å². The molecule has 8 nitrogen and oxygen atoms in total. The second-order valence-corrected chi connectivity index (χ2v) is 5.27. The molecular formula is C6H13N5O3S. The van der Waals surface area contributed by atoms with Gasteiger partial charge in [-0.1, -0.05) is 10.2 Å². The third-order valence-corrected chi connectivity index (χ3v) is 3.47. The molecule has 0 spiro atoms. The molecule has 15 heavy (non-hydrogen) atoms. The Labute approximate surface area is 87.5 Å². The fourth-order valence-corrected chi connectivity index (χ4v) is 1.50. The van der Waals surface area contributed by atoms with Crippen LogP contribution in [0.15, 0.2) is 4.42 Å². The number of anilines is 2. The summed E-state index contributed by atoms with van der Waals surface area (Å²) in [5.74, 6) is -0.0533. The van der Waals surface area contributed by atoms with Crippen molar-refractivity contribution < 1.29 is 12.8 Å². The van der Waals surface area contributed by atoms with Gasteiger partial charge in [0.15, 0.2) is 0 Å². The van der Waals surface area contributed by atoms with Crippen LogP contribution in [-0.2, 0) is 10.0 Å². The Morgan fingerprint density at radius 2 is 2.13 bits per heavy atom. The van der Waals surface area contributed by atoms with E-state index in [1.165, 1.54) is 14.1 Å². The summed E-state index contributed by atoms with van der Waals surface area (Å²) in [4.78, 5) is 0. The molecule has 0 amide bonds. The maximum Gasteiger partial charge on any atom is 0.316 e. The molecule has 0 fully saturated rings. The van der Waals surface area contributed by atoms with Crippen LogP contribution in [0, 0.1) is 0 Å². The summed E-state index contributed by atoms with van der Waals surface area (Å²) in [5, 5.41) is 9.57. The highest BCUT2D eigenvalue weighted by molar-refractivity contribution is 7.89. The fourth-order valence-electron chi connectivity index (χ4n) is 0.776. The minimum atomic E-state index is -3.21. The van der Waals surface area contributed by atoms with Crippen molar-refractivity contribution in [1.82, 2.24) is 14.5 Å². The number of nitrogen functional groups attached to an aromatic ring is 1. The zero-order valence-corrected chi connectivity index (χ0v) is 9.28. The highest BCUT2D eigenvalue weighted by Crippen LogP contribution is 2.05. The first-order valence-electron chi connectivity index (χ1n) is 4.15. The standard InChI is InChI=1S/C6H13N5O3S/c1-11(2)15(12,13)4-3-8-6-10-9-5(7)14-6/h3-4H2,1-2H3,(H2,7,9)(H,8,10). The summed E-state index contributed by atoms with van der Waals surface area (Å²) < 4.78 is 28.6. The molecule has 0 unspecified atom stereocenters. The number of hydrogen-bond acceptors (Lipinski definition) is 7. The summed E-state index contributed by atoms with van der Waals surface area (Å²) >= 11 is 0. The maximum atomic E-state index is 11.3. The van der Waals surface area contributed by atoms with Crippen LogP contribution in [0.5, 0.6) is 0 Å². The van der Waals surface area contributed by atoms with Gasteiger partial charge < -0.3 is 15.5 Å². The van der Waals surface area contributed by atoms with Gasteiger partial charge in [-0.05, 0) is 0 Å². The Morgan fingerprint density at radius 1 is 1.47 bits per heavy atom. The van der Waals surface area contributed by atoms with Crippen molar-refractivity contribution in [1.29, 1.82) is 0 Å². The van der Waals surface area contributed by atoms with Crippen LogP contribution in [0.2, 0.25) is 0 Å². The molecule has 1 aromatic rings. The second-order valence-electron chi connectivity index (χ2n) is 2.97. The maximum absolute atomic E-state index is 11.3. The number of rotatable bonds is 5. The lowest BCUT2D eigenvalue weighted by molar-refractivity contribution is 0.521. The molecule has 0 aromatic carbocycles. The van der Waals surface area contributed by atoms with E-state index in [1.807, 2.05) is 0 Å². The summed E-state index contributed by atoms with van der Waals surface area (Å²) in [5.41, 5.74) is 5.18. The van der Waals surface area contributed by atoms with E-state index in [4.69, 9.17) is 10.2 Å². The molecule has 0 saturated carbocycles. The van der Waals surface area contributed by atoms with Gasteiger partial charge in [0.25, 0.3) is 0 Å². The smallest absolute Gasteiger partial charge is 0.316 e. The topological polar surface area (TPSA) is 114 Å². The van der Waals surface area contributed by atoms with Crippen molar-refractivity contribution in [3.05, 3.63) is 0 Å². The number of nitrogens with one attached hydrogen (secondary N) is 1. The first-order valence-corrected chi connectivity index (χ1v) is 5.76. The Bertz CT molecular complexity index is 412. The summed E-state index contributed by atoms with van der Waals surface area (Å²) in [7, 11) is -0.267. The third kappa shape index (κ3) is 3.36. The number of nitrogens with zero attached hydrogens (tertiary/aromatic N) is 3. The average molecular weight is 235 g/mol. The largest absolute Gasteiger partial charge is 0.390 e. The van der Waals surface area contributed by atoms with E-state index in [1.54, 1.807) is 0 Å². The minimum Gasteiger partial charge on any atom is -0.390 e. The molecule has 0 radical (unpaired) electrons. The van der Waals surface area contributed by atoms with Gasteiger partial charge in [0.2, 0.25) is 10.0 Å². The van der Waals surface area contributed by atoms with Crippen LogP contribution in [-0.4, -0.2) is 49.3 Å². The molecule has 9 heteroatoms. The van der Waals surface area contributed by atoms with Crippen LogP contribution in [0.4, 0.5) is 12.0 Å². The summed E-state index contributed by atoms with van der Waals surface area (Å²) in [6.07, 6.45) is 0. The lowest BCUT2D eigenvalue weighted by Crippen LogP contribution is -2.28. The van der Waals surface area contributed by atoms with Crippen LogP contribution in [0.25, 0.3) is 0 Å². The Balaban J connectivity index is 2.40. The lowest BCUT2D eigenvalue weighted by atomic mass is 10.7. The molecule has 0 bridgehead atoms. The van der Waals surface area contributed by atoms with Crippen molar-refractivity contribution in [3.63, 3.8) is 0 Å². The molecule has 3 N–H and O–H groups in total. The van der Waals surface area contributed by atoms with Crippen molar-refractivity contribution in [2.24, 2.45) is 0 Å². The average Bonchev–Trinajstić information content (AvgIpc) is 2.51. The summed E-state index contributed by atoms with van der Waals surface area (Å²) in [6.45, 7) is 0.183. The number of nitrogens with two attached hydrogens (primary N) is 1. The zero-order chi connectivity index (χ0) is 11.5. The SMILES string of the molecule is CN(C)S(=O)(=O)CCNc1nnc(N)o1. The van der Waals surface area contributed by atoms with Crippen molar-refractivity contribution in [3.8, 4) is 0 Å². The Kier molecular flexibility index (Phi) is 3.48. The van der Waals surface area contributed by atoms with E-state index in [-0.39, 0.29) is 24.3 Å². The molecule has 0 aliphatic carbocycles. The van der Waals surface area contributed by atoms with Crippen LogP contribution in [0.1, 0.15) is 0 Å². The van der Waals surface area contributed by atoms with Crippen molar-refractivity contribution >= 4 is 22.1 Å². The van der Waals surface area contributed by atoms with E-state index in [9.17, 15) is 8.42 Å². The Hall–Kier alpha value is -1.35. The molecule has 0 aliphatic rings. The van der Waals surface area contributed by atoms with Gasteiger partial charge in [0.05, 0.1) is 5.75 Å². The predicted octanol–water partition coefficient (Wildman–Crippen LogP) is -1.04. The van der Waals surface area contributed by atoms with Gasteiger partial charge in [-0.3, -0.25) is 0 Å². The molecule has 1 aromatic heterocycles. The Morgan fingerprint density at radius 3 is 2.60 bits per heavy atom. The van der Waals surface area contributed by atoms with Crippen molar-refractivity contribution in [2.45, 2.75) is 0 Å². The van der Waals surface area contributed by atoms with Gasteiger partial charge in [-0.25, -0.2) is 12.7 Å². The van der Waals surface area contributed by atoms with Crippen LogP contribution >= 0.6 is 0 Å². The highest BCUT2D eigenvalue weighted by Gasteiger charge is 2.13. The molecule has 0 aliphatic heterocycles. The lowest BCUT2D eigenvalue weighted by Gasteiger charge is -2.10. The van der Waals surface area contributed by atoms with Gasteiger partial charge in [-0.2, -0.15) is 0 Å². The molecule has 86 valence electrons. The normalized spacial score (nSPS) is 11.9. The predicted molar refractivity (Wildman–Crippen MR) is 54.7 cm³/mol. The number of hydrogen-bond donors (Lipinski definition) is 2. The molecular weight excluding hydrogens is 222 g/mol. The van der Waals surface area contributed by atoms with Gasteiger partial charge in [0.1, 0.15) is 0 Å². The highest BCUT2D eigenvalue weighted by atomic mass is 32.2. The first-order chi connectivity index (χ1) is 6.92. The summed E-state index contributed by atoms with van der Waals surface area (Å²) in [6, 6.07) is 0.0504. The van der Waals surface area contributed by atoms with Gasteiger partial charge in [-0.15, -0.1) is 0 Å². The number of aromatic nitrogens is 2. The minimum absolute atomic E-state index is 0.0533. The third-order valence-electron chi connectivity index (χ3n) is 1.63. The number of sulfonamides is 1. The quantitative estimate of drug-likeness (QED) is 0.669. The fraction of sp³-hybridized carbons (Fsp3) is 0.667. The van der Waals surface area contributed by atoms with E-state index in [0.717, 1.165) is 4.31 Å². The van der Waals surface area contributed by atoms with E-state index >= 15 is 0 Å². The first kappa shape index (κ1) is 11.7. The van der Waals surface area contributed by atoms with E-state index < -0.39 is 10.0 Å². The molecule has 1 heterocycles.